The maximum atomic E-state index is 13.0. The summed E-state index contributed by atoms with van der Waals surface area (Å²) in [4.78, 5) is 36.6. The minimum atomic E-state index is -4.58. The van der Waals surface area contributed by atoms with Gasteiger partial charge in [0.1, 0.15) is 5.75 Å². The average molecular weight is 461 g/mol. The van der Waals surface area contributed by atoms with E-state index in [2.05, 4.69) is 10.4 Å². The van der Waals surface area contributed by atoms with Gasteiger partial charge in [-0.2, -0.15) is 18.3 Å². The molecule has 11 heteroatoms. The number of benzene rings is 2. The van der Waals surface area contributed by atoms with E-state index in [1.165, 1.54) is 26.2 Å². The van der Waals surface area contributed by atoms with Gasteiger partial charge in [-0.25, -0.2) is 9.48 Å². The normalized spacial score (nSPS) is 11.1. The van der Waals surface area contributed by atoms with Crippen LogP contribution in [0.5, 0.6) is 5.75 Å². The first kappa shape index (κ1) is 23.5. The van der Waals surface area contributed by atoms with Crippen molar-refractivity contribution in [2.75, 3.05) is 19.0 Å². The second-order valence-corrected chi connectivity index (χ2v) is 6.81. The molecule has 1 aromatic heterocycles. The fraction of sp³-hybridized carbons (Fsp3) is 0.182. The van der Waals surface area contributed by atoms with Crippen LogP contribution in [0.15, 0.2) is 59.4 Å². The van der Waals surface area contributed by atoms with Gasteiger partial charge in [0.05, 0.1) is 18.4 Å². The van der Waals surface area contributed by atoms with E-state index in [-0.39, 0.29) is 11.4 Å². The molecular formula is C22H18F3N3O5. The van der Waals surface area contributed by atoms with Gasteiger partial charge in [-0.1, -0.05) is 6.07 Å². The Kier molecular flexibility index (Phi) is 6.80. The molecule has 0 aliphatic rings. The van der Waals surface area contributed by atoms with E-state index < -0.39 is 41.3 Å². The first-order valence-corrected chi connectivity index (χ1v) is 9.48. The number of methoxy groups -OCH3 is 1. The Hall–Kier alpha value is -4.15. The standard InChI is InChI=1S/C22H18F3N3O5/c1-13-10-18(29)20(27-28(13)16-5-3-4-14(11-16)22(23,24)25)21(31)33-12-19(30)26-15-6-8-17(32-2)9-7-15/h3-11H,12H2,1-2H3,(H,26,30). The van der Waals surface area contributed by atoms with Gasteiger partial charge in [0.25, 0.3) is 5.91 Å². The number of ether oxygens (including phenoxy) is 2. The molecule has 0 radical (unpaired) electrons. The summed E-state index contributed by atoms with van der Waals surface area (Å²) in [6.45, 7) is 0.746. The number of esters is 1. The molecule has 8 nitrogen and oxygen atoms in total. The highest BCUT2D eigenvalue weighted by molar-refractivity contribution is 5.94. The van der Waals surface area contributed by atoms with Gasteiger partial charge in [0.2, 0.25) is 11.1 Å². The number of carbonyl (C=O) groups is 2. The lowest BCUT2D eigenvalue weighted by Crippen LogP contribution is -2.27. The average Bonchev–Trinajstić information content (AvgIpc) is 2.77. The van der Waals surface area contributed by atoms with Gasteiger partial charge in [-0.05, 0) is 49.4 Å². The zero-order valence-corrected chi connectivity index (χ0v) is 17.5. The van der Waals surface area contributed by atoms with E-state index in [1.54, 1.807) is 24.3 Å². The lowest BCUT2D eigenvalue weighted by molar-refractivity contribution is -0.137. The number of aryl methyl sites for hydroxylation is 1. The number of alkyl halides is 3. The number of halogens is 3. The highest BCUT2D eigenvalue weighted by Gasteiger charge is 2.30. The van der Waals surface area contributed by atoms with Crippen LogP contribution >= 0.6 is 0 Å². The number of amides is 1. The number of aromatic nitrogens is 2. The number of carbonyl (C=O) groups excluding carboxylic acids is 2. The van der Waals surface area contributed by atoms with Crippen LogP contribution in [0, 0.1) is 6.92 Å². The molecular weight excluding hydrogens is 443 g/mol. The number of anilines is 1. The number of rotatable bonds is 6. The van der Waals surface area contributed by atoms with Crippen LogP contribution < -0.4 is 15.5 Å². The Morgan fingerprint density at radius 2 is 1.79 bits per heavy atom. The third-order valence-corrected chi connectivity index (χ3v) is 4.43. The molecule has 3 aromatic rings. The van der Waals surface area contributed by atoms with E-state index in [0.29, 0.717) is 11.4 Å². The summed E-state index contributed by atoms with van der Waals surface area (Å²) in [6.07, 6.45) is -4.58. The van der Waals surface area contributed by atoms with Crippen LogP contribution in [0.3, 0.4) is 0 Å². The molecule has 0 unspecified atom stereocenters. The summed E-state index contributed by atoms with van der Waals surface area (Å²) < 4.78 is 50.0. The van der Waals surface area contributed by atoms with E-state index in [0.717, 1.165) is 22.9 Å². The molecule has 1 heterocycles. The predicted molar refractivity (Wildman–Crippen MR) is 111 cm³/mol. The topological polar surface area (TPSA) is 99.5 Å². The molecule has 0 spiro atoms. The molecule has 0 aliphatic carbocycles. The van der Waals surface area contributed by atoms with E-state index >= 15 is 0 Å². The van der Waals surface area contributed by atoms with Crippen molar-refractivity contribution in [1.82, 2.24) is 9.78 Å². The SMILES string of the molecule is COc1ccc(NC(=O)COC(=O)c2nn(-c3cccc(C(F)(F)F)c3)c(C)cc2=O)cc1. The van der Waals surface area contributed by atoms with Crippen molar-refractivity contribution in [1.29, 1.82) is 0 Å². The predicted octanol–water partition coefficient (Wildman–Crippen LogP) is 3.36. The van der Waals surface area contributed by atoms with Crippen molar-refractivity contribution >= 4 is 17.6 Å². The van der Waals surface area contributed by atoms with Crippen LogP contribution in [0.1, 0.15) is 21.7 Å². The zero-order chi connectivity index (χ0) is 24.2. The summed E-state index contributed by atoms with van der Waals surface area (Å²) in [7, 11) is 1.49. The second kappa shape index (κ2) is 9.55. The Morgan fingerprint density at radius 3 is 2.42 bits per heavy atom. The Bertz CT molecular complexity index is 1240. The van der Waals surface area contributed by atoms with Gasteiger partial charge < -0.3 is 14.8 Å². The molecule has 3 rings (SSSR count). The molecule has 1 amide bonds. The lowest BCUT2D eigenvalue weighted by atomic mass is 10.2. The highest BCUT2D eigenvalue weighted by Crippen LogP contribution is 2.30. The number of hydrogen-bond acceptors (Lipinski definition) is 6. The maximum absolute atomic E-state index is 13.0. The first-order valence-electron chi connectivity index (χ1n) is 9.48. The summed E-state index contributed by atoms with van der Waals surface area (Å²) >= 11 is 0. The van der Waals surface area contributed by atoms with Crippen molar-refractivity contribution in [3.63, 3.8) is 0 Å². The van der Waals surface area contributed by atoms with E-state index in [1.807, 2.05) is 0 Å². The van der Waals surface area contributed by atoms with Gasteiger partial charge >= 0.3 is 12.1 Å². The first-order chi connectivity index (χ1) is 15.6. The highest BCUT2D eigenvalue weighted by atomic mass is 19.4. The molecule has 2 aromatic carbocycles. The molecule has 0 fully saturated rings. The summed E-state index contributed by atoms with van der Waals surface area (Å²) in [6, 6.07) is 11.7. The van der Waals surface area contributed by atoms with Crippen molar-refractivity contribution in [2.45, 2.75) is 13.1 Å². The van der Waals surface area contributed by atoms with Crippen molar-refractivity contribution in [3.05, 3.63) is 81.8 Å². The fourth-order valence-corrected chi connectivity index (χ4v) is 2.84. The third kappa shape index (κ3) is 5.76. The molecule has 0 bridgehead atoms. The second-order valence-electron chi connectivity index (χ2n) is 6.81. The monoisotopic (exact) mass is 461 g/mol. The molecule has 0 aliphatic heterocycles. The smallest absolute Gasteiger partial charge is 0.416 e. The minimum absolute atomic E-state index is 0.00590. The lowest BCUT2D eigenvalue weighted by Gasteiger charge is -2.13. The quantitative estimate of drug-likeness (QED) is 0.565. The number of nitrogens with one attached hydrogen (secondary N) is 1. The molecule has 1 N–H and O–H groups in total. The van der Waals surface area contributed by atoms with E-state index in [4.69, 9.17) is 9.47 Å². The number of hydrogen-bond donors (Lipinski definition) is 1. The van der Waals surface area contributed by atoms with Crippen LogP contribution in [0.4, 0.5) is 18.9 Å². The molecule has 0 atom stereocenters. The fourth-order valence-electron chi connectivity index (χ4n) is 2.84. The minimum Gasteiger partial charge on any atom is -0.497 e. The maximum Gasteiger partial charge on any atom is 0.416 e. The summed E-state index contributed by atoms with van der Waals surface area (Å²) in [5.41, 5.74) is -1.76. The van der Waals surface area contributed by atoms with Gasteiger partial charge in [-0.15, -0.1) is 0 Å². The van der Waals surface area contributed by atoms with Crippen molar-refractivity contribution in [3.8, 4) is 11.4 Å². The van der Waals surface area contributed by atoms with Crippen LogP contribution in [0.2, 0.25) is 0 Å². The van der Waals surface area contributed by atoms with E-state index in [9.17, 15) is 27.6 Å². The molecule has 172 valence electrons. The molecule has 0 saturated heterocycles. The van der Waals surface area contributed by atoms with Crippen LogP contribution in [-0.4, -0.2) is 35.4 Å². The van der Waals surface area contributed by atoms with Gasteiger partial charge in [-0.3, -0.25) is 9.59 Å². The van der Waals surface area contributed by atoms with Crippen LogP contribution in [0.25, 0.3) is 5.69 Å². The number of nitrogens with zero attached hydrogens (tertiary/aromatic N) is 2. The zero-order valence-electron chi connectivity index (χ0n) is 17.5. The molecule has 0 saturated carbocycles. The van der Waals surface area contributed by atoms with Crippen LogP contribution in [-0.2, 0) is 15.7 Å². The summed E-state index contributed by atoms with van der Waals surface area (Å²) in [5, 5.41) is 6.36. The Balaban J connectivity index is 1.75. The molecule has 33 heavy (non-hydrogen) atoms. The summed E-state index contributed by atoms with van der Waals surface area (Å²) in [5.74, 6) is -1.27. The largest absolute Gasteiger partial charge is 0.497 e. The Morgan fingerprint density at radius 1 is 1.09 bits per heavy atom. The van der Waals surface area contributed by atoms with Gasteiger partial charge in [0.15, 0.2) is 6.61 Å². The van der Waals surface area contributed by atoms with Gasteiger partial charge in [0, 0.05) is 17.4 Å². The third-order valence-electron chi connectivity index (χ3n) is 4.43. The van der Waals surface area contributed by atoms with Crippen molar-refractivity contribution < 1.29 is 32.2 Å². The Labute approximate surface area is 185 Å². The van der Waals surface area contributed by atoms with Crippen molar-refractivity contribution in [2.24, 2.45) is 0 Å².